The Morgan fingerprint density at radius 3 is 2.71 bits per heavy atom. The number of nitrogens with zero attached hydrogens (tertiary/aromatic N) is 3. The fourth-order valence-corrected chi connectivity index (χ4v) is 2.89. The second-order valence-electron chi connectivity index (χ2n) is 3.49. The first-order valence-corrected chi connectivity index (χ1v) is 7.18. The second-order valence-corrected chi connectivity index (χ2v) is 5.55. The van der Waals surface area contributed by atoms with E-state index in [0.717, 1.165) is 28.1 Å². The third-order valence-corrected chi connectivity index (χ3v) is 4.04. The molecule has 90 valence electrons. The molecule has 0 aromatic carbocycles. The standard InChI is InChI=1S/C11H14N4S2/c1-3-12-11-15-6-9(17-11)7-16-10-13-4-8(2)5-14-10/h4-6H,3,7H2,1-2H3,(H,12,15). The van der Waals surface area contributed by atoms with E-state index < -0.39 is 0 Å². The van der Waals surface area contributed by atoms with E-state index in [1.807, 2.05) is 25.5 Å². The highest BCUT2D eigenvalue weighted by atomic mass is 32.2. The van der Waals surface area contributed by atoms with Gasteiger partial charge in [0.2, 0.25) is 0 Å². The summed E-state index contributed by atoms with van der Waals surface area (Å²) in [5, 5.41) is 4.99. The lowest BCUT2D eigenvalue weighted by molar-refractivity contribution is 0.950. The summed E-state index contributed by atoms with van der Waals surface area (Å²) >= 11 is 3.32. The van der Waals surface area contributed by atoms with Gasteiger partial charge in [-0.05, 0) is 19.4 Å². The molecule has 0 aliphatic rings. The molecule has 6 heteroatoms. The summed E-state index contributed by atoms with van der Waals surface area (Å²) in [6.07, 6.45) is 5.59. The zero-order chi connectivity index (χ0) is 12.1. The Balaban J connectivity index is 1.90. The first kappa shape index (κ1) is 12.3. The zero-order valence-electron chi connectivity index (χ0n) is 9.80. The van der Waals surface area contributed by atoms with Gasteiger partial charge >= 0.3 is 0 Å². The molecule has 0 amide bonds. The Labute approximate surface area is 109 Å². The summed E-state index contributed by atoms with van der Waals surface area (Å²) in [5.74, 6) is 0.867. The van der Waals surface area contributed by atoms with Crippen LogP contribution in [-0.4, -0.2) is 21.5 Å². The van der Waals surface area contributed by atoms with Crippen molar-refractivity contribution in [3.05, 3.63) is 29.0 Å². The molecule has 0 atom stereocenters. The topological polar surface area (TPSA) is 50.7 Å². The summed E-state index contributed by atoms with van der Waals surface area (Å²) in [5.41, 5.74) is 1.08. The summed E-state index contributed by atoms with van der Waals surface area (Å²) < 4.78 is 0. The van der Waals surface area contributed by atoms with Crippen LogP contribution in [0.1, 0.15) is 17.4 Å². The number of aryl methyl sites for hydroxylation is 1. The number of hydrogen-bond acceptors (Lipinski definition) is 6. The Morgan fingerprint density at radius 1 is 1.24 bits per heavy atom. The number of aromatic nitrogens is 3. The van der Waals surface area contributed by atoms with Crippen LogP contribution in [0.5, 0.6) is 0 Å². The van der Waals surface area contributed by atoms with Crippen LogP contribution in [0.15, 0.2) is 23.7 Å². The molecular weight excluding hydrogens is 252 g/mol. The number of rotatable bonds is 5. The van der Waals surface area contributed by atoms with E-state index in [-0.39, 0.29) is 0 Å². The first-order valence-electron chi connectivity index (χ1n) is 5.38. The number of anilines is 1. The molecule has 0 aliphatic carbocycles. The third kappa shape index (κ3) is 3.67. The van der Waals surface area contributed by atoms with Gasteiger partial charge in [0.05, 0.1) is 0 Å². The van der Waals surface area contributed by atoms with Gasteiger partial charge in [0.15, 0.2) is 10.3 Å². The Hall–Kier alpha value is -1.14. The molecule has 0 spiro atoms. The van der Waals surface area contributed by atoms with E-state index in [1.165, 1.54) is 4.88 Å². The van der Waals surface area contributed by atoms with Gasteiger partial charge in [-0.1, -0.05) is 11.8 Å². The van der Waals surface area contributed by atoms with Gasteiger partial charge < -0.3 is 5.32 Å². The Kier molecular flexibility index (Phi) is 4.33. The molecule has 17 heavy (non-hydrogen) atoms. The van der Waals surface area contributed by atoms with Crippen LogP contribution in [0.2, 0.25) is 0 Å². The number of thioether (sulfide) groups is 1. The van der Waals surface area contributed by atoms with E-state index in [2.05, 4.69) is 27.2 Å². The quantitative estimate of drug-likeness (QED) is 0.666. The van der Waals surface area contributed by atoms with Crippen molar-refractivity contribution in [1.82, 2.24) is 15.0 Å². The molecule has 2 aromatic heterocycles. The first-order chi connectivity index (χ1) is 8.28. The van der Waals surface area contributed by atoms with Gasteiger partial charge in [0, 0.05) is 35.8 Å². The minimum absolute atomic E-state index is 0.814. The summed E-state index contributed by atoms with van der Waals surface area (Å²) in [6, 6.07) is 0. The predicted octanol–water partition coefficient (Wildman–Crippen LogP) is 2.97. The molecule has 0 saturated heterocycles. The van der Waals surface area contributed by atoms with Crippen LogP contribution in [-0.2, 0) is 5.75 Å². The van der Waals surface area contributed by atoms with Crippen molar-refractivity contribution in [1.29, 1.82) is 0 Å². The molecule has 0 aliphatic heterocycles. The molecule has 2 heterocycles. The Morgan fingerprint density at radius 2 is 2.00 bits per heavy atom. The van der Waals surface area contributed by atoms with E-state index >= 15 is 0 Å². The number of hydrogen-bond donors (Lipinski definition) is 1. The lowest BCUT2D eigenvalue weighted by atomic mass is 10.4. The lowest BCUT2D eigenvalue weighted by Gasteiger charge is -1.97. The van der Waals surface area contributed by atoms with Gasteiger partial charge in [0.25, 0.3) is 0 Å². The van der Waals surface area contributed by atoms with Crippen molar-refractivity contribution in [2.24, 2.45) is 0 Å². The van der Waals surface area contributed by atoms with Gasteiger partial charge in [-0.3, -0.25) is 0 Å². The molecule has 2 aromatic rings. The maximum absolute atomic E-state index is 4.29. The lowest BCUT2D eigenvalue weighted by Crippen LogP contribution is -1.94. The summed E-state index contributed by atoms with van der Waals surface area (Å²) in [6.45, 7) is 4.96. The second kappa shape index (κ2) is 5.97. The average molecular weight is 266 g/mol. The summed E-state index contributed by atoms with van der Waals surface area (Å²) in [7, 11) is 0. The van der Waals surface area contributed by atoms with E-state index in [1.54, 1.807) is 23.1 Å². The van der Waals surface area contributed by atoms with E-state index in [9.17, 15) is 0 Å². The Bertz CT molecular complexity index is 467. The maximum Gasteiger partial charge on any atom is 0.187 e. The van der Waals surface area contributed by atoms with Crippen LogP contribution in [0.3, 0.4) is 0 Å². The van der Waals surface area contributed by atoms with Crippen molar-refractivity contribution in [3.63, 3.8) is 0 Å². The smallest absolute Gasteiger partial charge is 0.187 e. The van der Waals surface area contributed by atoms with Crippen LogP contribution >= 0.6 is 23.1 Å². The highest BCUT2D eigenvalue weighted by molar-refractivity contribution is 7.98. The molecule has 1 N–H and O–H groups in total. The van der Waals surface area contributed by atoms with Crippen molar-refractivity contribution in [3.8, 4) is 0 Å². The minimum Gasteiger partial charge on any atom is -0.362 e. The maximum atomic E-state index is 4.29. The van der Waals surface area contributed by atoms with Gasteiger partial charge in [0.1, 0.15) is 0 Å². The molecule has 0 bridgehead atoms. The zero-order valence-corrected chi connectivity index (χ0v) is 11.4. The van der Waals surface area contributed by atoms with Crippen LogP contribution in [0.25, 0.3) is 0 Å². The average Bonchev–Trinajstić information content (AvgIpc) is 2.77. The SMILES string of the molecule is CCNc1ncc(CSc2ncc(C)cn2)s1. The third-order valence-electron chi connectivity index (χ3n) is 1.98. The highest BCUT2D eigenvalue weighted by Crippen LogP contribution is 2.25. The molecular formula is C11H14N4S2. The fraction of sp³-hybridized carbons (Fsp3) is 0.364. The molecule has 4 nitrogen and oxygen atoms in total. The van der Waals surface area contributed by atoms with Crippen LogP contribution < -0.4 is 5.32 Å². The number of thiazole rings is 1. The fourth-order valence-electron chi connectivity index (χ4n) is 1.20. The molecule has 2 rings (SSSR count). The van der Waals surface area contributed by atoms with Crippen LogP contribution in [0, 0.1) is 6.92 Å². The van der Waals surface area contributed by atoms with Gasteiger partial charge in [-0.15, -0.1) is 11.3 Å². The van der Waals surface area contributed by atoms with E-state index in [4.69, 9.17) is 0 Å². The highest BCUT2D eigenvalue weighted by Gasteiger charge is 2.03. The monoisotopic (exact) mass is 266 g/mol. The molecule has 0 saturated carbocycles. The van der Waals surface area contributed by atoms with Crippen LogP contribution in [0.4, 0.5) is 5.13 Å². The van der Waals surface area contributed by atoms with Gasteiger partial charge in [-0.25, -0.2) is 15.0 Å². The number of nitrogens with one attached hydrogen (secondary N) is 1. The summed E-state index contributed by atoms with van der Waals surface area (Å²) in [4.78, 5) is 14.0. The molecule has 0 unspecified atom stereocenters. The molecule has 0 radical (unpaired) electrons. The van der Waals surface area contributed by atoms with Crippen molar-refractivity contribution in [2.75, 3.05) is 11.9 Å². The normalized spacial score (nSPS) is 10.5. The minimum atomic E-state index is 0.814. The molecule has 0 fully saturated rings. The van der Waals surface area contributed by atoms with Gasteiger partial charge in [-0.2, -0.15) is 0 Å². The largest absolute Gasteiger partial charge is 0.362 e. The predicted molar refractivity (Wildman–Crippen MR) is 72.6 cm³/mol. The van der Waals surface area contributed by atoms with Crippen molar-refractivity contribution < 1.29 is 0 Å². The van der Waals surface area contributed by atoms with Crippen molar-refractivity contribution >= 4 is 28.2 Å². The van der Waals surface area contributed by atoms with Crippen molar-refractivity contribution in [2.45, 2.75) is 24.8 Å². The van der Waals surface area contributed by atoms with E-state index in [0.29, 0.717) is 0 Å².